The normalized spacial score (nSPS) is 13.2. The number of aryl methyl sites for hydroxylation is 1. The fraction of sp³-hybridized carbons (Fsp3) is 0.364. The molecular weight excluding hydrogens is 244 g/mol. The number of hydrogen-bond donors (Lipinski definition) is 1. The maximum absolute atomic E-state index is 11.5. The van der Waals surface area contributed by atoms with Crippen molar-refractivity contribution in [2.75, 3.05) is 13.4 Å². The maximum Gasteiger partial charge on any atom is 0.339 e. The van der Waals surface area contributed by atoms with Gasteiger partial charge in [0, 0.05) is 6.26 Å². The number of aliphatic hydroxyl groups excluding tert-OH is 1. The Balaban J connectivity index is 3.27. The van der Waals surface area contributed by atoms with Crippen LogP contribution in [0.5, 0.6) is 0 Å². The van der Waals surface area contributed by atoms with Crippen molar-refractivity contribution >= 4 is 15.8 Å². The van der Waals surface area contributed by atoms with E-state index in [-0.39, 0.29) is 10.5 Å². The van der Waals surface area contributed by atoms with Crippen LogP contribution in [-0.2, 0) is 19.4 Å². The molecule has 1 aromatic rings. The van der Waals surface area contributed by atoms with E-state index >= 15 is 0 Å². The van der Waals surface area contributed by atoms with Crippen LogP contribution in [0.15, 0.2) is 23.1 Å². The largest absolute Gasteiger partial charge is 0.467 e. The molecule has 0 aromatic heterocycles. The molecular formula is C11H14O5S. The van der Waals surface area contributed by atoms with Crippen LogP contribution < -0.4 is 0 Å². The number of carbonyl (C=O) groups is 1. The molecule has 0 aliphatic carbocycles. The quantitative estimate of drug-likeness (QED) is 0.803. The molecule has 0 heterocycles. The number of sulfone groups is 1. The summed E-state index contributed by atoms with van der Waals surface area (Å²) in [6.45, 7) is 1.64. The first-order valence-electron chi connectivity index (χ1n) is 4.84. The number of rotatable bonds is 3. The molecule has 94 valence electrons. The highest BCUT2D eigenvalue weighted by Gasteiger charge is 2.20. The van der Waals surface area contributed by atoms with Crippen LogP contribution in [0.25, 0.3) is 0 Å². The van der Waals surface area contributed by atoms with E-state index < -0.39 is 21.9 Å². The third-order valence-electron chi connectivity index (χ3n) is 2.35. The minimum absolute atomic E-state index is 0.0953. The zero-order valence-electron chi connectivity index (χ0n) is 9.80. The van der Waals surface area contributed by atoms with Crippen LogP contribution in [0.1, 0.15) is 17.2 Å². The molecule has 0 aliphatic rings. The minimum atomic E-state index is -3.39. The molecule has 1 aromatic carbocycles. The van der Waals surface area contributed by atoms with Gasteiger partial charge in [-0.2, -0.15) is 0 Å². The van der Waals surface area contributed by atoms with E-state index in [9.17, 15) is 18.3 Å². The van der Waals surface area contributed by atoms with Crippen molar-refractivity contribution in [3.63, 3.8) is 0 Å². The van der Waals surface area contributed by atoms with E-state index in [1.54, 1.807) is 6.92 Å². The smallest absolute Gasteiger partial charge is 0.339 e. The van der Waals surface area contributed by atoms with Crippen LogP contribution in [0.3, 0.4) is 0 Å². The van der Waals surface area contributed by atoms with Crippen molar-refractivity contribution in [1.82, 2.24) is 0 Å². The Kier molecular flexibility index (Phi) is 3.90. The molecule has 0 fully saturated rings. The summed E-state index contributed by atoms with van der Waals surface area (Å²) in [4.78, 5) is 11.2. The first kappa shape index (κ1) is 13.7. The summed E-state index contributed by atoms with van der Waals surface area (Å²) in [5.41, 5.74) is 0.760. The van der Waals surface area contributed by atoms with Gasteiger partial charge in [-0.05, 0) is 24.1 Å². The van der Waals surface area contributed by atoms with E-state index in [4.69, 9.17) is 0 Å². The third kappa shape index (κ3) is 3.04. The molecule has 1 N–H and O–H groups in total. The summed E-state index contributed by atoms with van der Waals surface area (Å²) in [7, 11) is -2.24. The van der Waals surface area contributed by atoms with Crippen molar-refractivity contribution in [3.05, 3.63) is 29.3 Å². The number of carbonyl (C=O) groups excluding carboxylic acids is 1. The summed E-state index contributed by atoms with van der Waals surface area (Å²) in [6, 6.07) is 4.32. The molecule has 1 rings (SSSR count). The topological polar surface area (TPSA) is 80.7 Å². The van der Waals surface area contributed by atoms with Gasteiger partial charge in [-0.25, -0.2) is 13.2 Å². The second kappa shape index (κ2) is 4.85. The lowest BCUT2D eigenvalue weighted by Crippen LogP contribution is -2.14. The molecule has 0 bridgehead atoms. The van der Waals surface area contributed by atoms with Gasteiger partial charge in [0.25, 0.3) is 0 Å². The first-order chi connectivity index (χ1) is 7.77. The molecule has 0 aliphatic heterocycles. The van der Waals surface area contributed by atoms with Crippen molar-refractivity contribution in [2.24, 2.45) is 0 Å². The van der Waals surface area contributed by atoms with E-state index in [1.165, 1.54) is 18.2 Å². The van der Waals surface area contributed by atoms with Crippen LogP contribution in [0, 0.1) is 6.92 Å². The molecule has 0 spiro atoms. The van der Waals surface area contributed by atoms with Crippen molar-refractivity contribution < 1.29 is 23.1 Å². The molecule has 1 atom stereocenters. The maximum atomic E-state index is 11.5. The molecule has 17 heavy (non-hydrogen) atoms. The van der Waals surface area contributed by atoms with Gasteiger partial charge in [0.15, 0.2) is 15.9 Å². The Labute approximate surface area is 100.0 Å². The number of methoxy groups -OCH3 is 1. The minimum Gasteiger partial charge on any atom is -0.467 e. The molecule has 6 heteroatoms. The average Bonchev–Trinajstić information content (AvgIpc) is 2.26. The average molecular weight is 258 g/mol. The second-order valence-electron chi connectivity index (χ2n) is 3.72. The Morgan fingerprint density at radius 2 is 2.00 bits per heavy atom. The lowest BCUT2D eigenvalue weighted by atomic mass is 10.1. The molecule has 0 radical (unpaired) electrons. The lowest BCUT2D eigenvalue weighted by molar-refractivity contribution is -0.150. The zero-order valence-corrected chi connectivity index (χ0v) is 10.6. The Morgan fingerprint density at radius 1 is 1.41 bits per heavy atom. The van der Waals surface area contributed by atoms with Gasteiger partial charge in [-0.1, -0.05) is 12.1 Å². The molecule has 0 saturated heterocycles. The second-order valence-corrected chi connectivity index (χ2v) is 5.71. The number of hydrogen-bond acceptors (Lipinski definition) is 5. The SMILES string of the molecule is COC(=O)C(O)c1ccc(C)c(S(C)(=O)=O)c1. The van der Waals surface area contributed by atoms with Crippen LogP contribution in [0.4, 0.5) is 0 Å². The summed E-state index contributed by atoms with van der Waals surface area (Å²) in [6.07, 6.45) is -0.398. The summed E-state index contributed by atoms with van der Waals surface area (Å²) in [5, 5.41) is 9.60. The standard InChI is InChI=1S/C11H14O5S/c1-7-4-5-8(10(12)11(13)16-2)6-9(7)17(3,14)15/h4-6,10,12H,1-3H3. The van der Waals surface area contributed by atoms with Crippen molar-refractivity contribution in [3.8, 4) is 0 Å². The summed E-state index contributed by atoms with van der Waals surface area (Å²) >= 11 is 0. The van der Waals surface area contributed by atoms with Gasteiger partial charge in [-0.3, -0.25) is 0 Å². The van der Waals surface area contributed by atoms with Gasteiger partial charge in [0.2, 0.25) is 0 Å². The van der Waals surface area contributed by atoms with Gasteiger partial charge < -0.3 is 9.84 Å². The Morgan fingerprint density at radius 3 is 2.47 bits per heavy atom. The van der Waals surface area contributed by atoms with Crippen molar-refractivity contribution in [1.29, 1.82) is 0 Å². The van der Waals surface area contributed by atoms with E-state index in [1.807, 2.05) is 0 Å². The highest BCUT2D eigenvalue weighted by molar-refractivity contribution is 7.90. The van der Waals surface area contributed by atoms with E-state index in [0.29, 0.717) is 5.56 Å². The molecule has 5 nitrogen and oxygen atoms in total. The highest BCUT2D eigenvalue weighted by Crippen LogP contribution is 2.21. The summed E-state index contributed by atoms with van der Waals surface area (Å²) < 4.78 is 27.3. The van der Waals surface area contributed by atoms with Crippen molar-refractivity contribution in [2.45, 2.75) is 17.9 Å². The van der Waals surface area contributed by atoms with Gasteiger partial charge >= 0.3 is 5.97 Å². The number of benzene rings is 1. The van der Waals surface area contributed by atoms with E-state index in [2.05, 4.69) is 4.74 Å². The Bertz CT molecular complexity index is 533. The number of ether oxygens (including phenoxy) is 1. The van der Waals surface area contributed by atoms with Gasteiger partial charge in [0.1, 0.15) is 0 Å². The van der Waals surface area contributed by atoms with E-state index in [0.717, 1.165) is 13.4 Å². The molecule has 1 unspecified atom stereocenters. The predicted molar refractivity (Wildman–Crippen MR) is 61.3 cm³/mol. The highest BCUT2D eigenvalue weighted by atomic mass is 32.2. The van der Waals surface area contributed by atoms with Gasteiger partial charge in [-0.15, -0.1) is 0 Å². The monoisotopic (exact) mass is 258 g/mol. The third-order valence-corrected chi connectivity index (χ3v) is 3.59. The fourth-order valence-electron chi connectivity index (χ4n) is 1.43. The zero-order chi connectivity index (χ0) is 13.2. The lowest BCUT2D eigenvalue weighted by Gasteiger charge is -2.11. The predicted octanol–water partition coefficient (Wildman–Crippen LogP) is 0.605. The first-order valence-corrected chi connectivity index (χ1v) is 6.73. The van der Waals surface area contributed by atoms with Crippen LogP contribution in [0.2, 0.25) is 0 Å². The fourth-order valence-corrected chi connectivity index (χ4v) is 2.44. The molecule has 0 saturated carbocycles. The van der Waals surface area contributed by atoms with Gasteiger partial charge in [0.05, 0.1) is 12.0 Å². The number of esters is 1. The Hall–Kier alpha value is -1.40. The summed E-state index contributed by atoms with van der Waals surface area (Å²) in [5.74, 6) is -0.826. The van der Waals surface area contributed by atoms with Crippen LogP contribution in [-0.4, -0.2) is 32.9 Å². The molecule has 0 amide bonds. The number of aliphatic hydroxyl groups is 1. The van der Waals surface area contributed by atoms with Crippen LogP contribution >= 0.6 is 0 Å².